The lowest BCUT2D eigenvalue weighted by molar-refractivity contribution is 0.812. The van der Waals surface area contributed by atoms with Gasteiger partial charge in [-0.15, -0.1) is 0 Å². The molecule has 2 N–H and O–H groups in total. The molecule has 0 saturated carbocycles. The molecule has 0 bridgehead atoms. The highest BCUT2D eigenvalue weighted by Gasteiger charge is 1.98. The first-order valence-corrected chi connectivity index (χ1v) is 3.44. The number of aromatic nitrogens is 1. The van der Waals surface area contributed by atoms with Gasteiger partial charge >= 0.3 is 0 Å². The maximum atomic E-state index is 5.67. The molecule has 54 valence electrons. The molecule has 1 rings (SSSR count). The van der Waals surface area contributed by atoms with Crippen LogP contribution in [0.3, 0.4) is 0 Å². The molecule has 0 aliphatic heterocycles. The van der Waals surface area contributed by atoms with E-state index >= 15 is 0 Å². The van der Waals surface area contributed by atoms with Gasteiger partial charge < -0.3 is 5.73 Å². The van der Waals surface area contributed by atoms with Crippen LogP contribution in [-0.4, -0.2) is 4.98 Å². The van der Waals surface area contributed by atoms with Gasteiger partial charge in [-0.1, -0.05) is 11.6 Å². The number of rotatable bonds is 1. The zero-order chi connectivity index (χ0) is 7.56. The normalized spacial score (nSPS) is 13.1. The van der Waals surface area contributed by atoms with E-state index in [2.05, 4.69) is 4.98 Å². The van der Waals surface area contributed by atoms with Crippen molar-refractivity contribution >= 4 is 11.6 Å². The Bertz CT molecular complexity index is 223. The average Bonchev–Trinajstić information content (AvgIpc) is 1.88. The van der Waals surface area contributed by atoms with Crippen LogP contribution in [-0.2, 0) is 0 Å². The molecule has 0 radical (unpaired) electrons. The minimum atomic E-state index is 0.00574. The van der Waals surface area contributed by atoms with E-state index in [4.69, 9.17) is 17.3 Å². The zero-order valence-electron chi connectivity index (χ0n) is 5.71. The summed E-state index contributed by atoms with van der Waals surface area (Å²) in [6.45, 7) is 1.90. The van der Waals surface area contributed by atoms with Crippen LogP contribution in [0, 0.1) is 0 Å². The van der Waals surface area contributed by atoms with Crippen molar-refractivity contribution in [2.45, 2.75) is 13.0 Å². The molecule has 0 amide bonds. The SMILES string of the molecule is C[C@H](N)c1cncc(Cl)c1. The molecule has 0 spiro atoms. The molecule has 0 saturated heterocycles. The van der Waals surface area contributed by atoms with Gasteiger partial charge in [0.15, 0.2) is 0 Å². The van der Waals surface area contributed by atoms with Crippen LogP contribution >= 0.6 is 11.6 Å². The monoisotopic (exact) mass is 156 g/mol. The topological polar surface area (TPSA) is 38.9 Å². The summed E-state index contributed by atoms with van der Waals surface area (Å²) in [4.78, 5) is 3.89. The van der Waals surface area contributed by atoms with Crippen molar-refractivity contribution in [3.63, 3.8) is 0 Å². The Morgan fingerprint density at radius 1 is 1.60 bits per heavy atom. The lowest BCUT2D eigenvalue weighted by atomic mass is 10.2. The van der Waals surface area contributed by atoms with Crippen LogP contribution in [0.5, 0.6) is 0 Å². The minimum Gasteiger partial charge on any atom is -0.324 e. The molecule has 0 fully saturated rings. The summed E-state index contributed by atoms with van der Waals surface area (Å²) in [5.74, 6) is 0. The molecule has 1 aromatic heterocycles. The fraction of sp³-hybridized carbons (Fsp3) is 0.286. The van der Waals surface area contributed by atoms with E-state index in [0.717, 1.165) is 5.56 Å². The van der Waals surface area contributed by atoms with E-state index in [0.29, 0.717) is 5.02 Å². The lowest BCUT2D eigenvalue weighted by Gasteiger charge is -2.03. The predicted molar refractivity (Wildman–Crippen MR) is 41.8 cm³/mol. The van der Waals surface area contributed by atoms with Crippen molar-refractivity contribution in [1.29, 1.82) is 0 Å². The number of nitrogens with two attached hydrogens (primary N) is 1. The first-order valence-electron chi connectivity index (χ1n) is 3.06. The van der Waals surface area contributed by atoms with Crippen molar-refractivity contribution in [3.05, 3.63) is 29.0 Å². The van der Waals surface area contributed by atoms with Gasteiger partial charge in [0.05, 0.1) is 5.02 Å². The van der Waals surface area contributed by atoms with E-state index in [1.54, 1.807) is 12.4 Å². The number of hydrogen-bond donors (Lipinski definition) is 1. The molecule has 0 aliphatic rings. The summed E-state index contributed by atoms with van der Waals surface area (Å²) in [6.07, 6.45) is 3.31. The van der Waals surface area contributed by atoms with E-state index in [1.165, 1.54) is 0 Å². The van der Waals surface area contributed by atoms with Crippen LogP contribution in [0.2, 0.25) is 5.02 Å². The zero-order valence-corrected chi connectivity index (χ0v) is 6.47. The van der Waals surface area contributed by atoms with Gasteiger partial charge in [-0.3, -0.25) is 4.98 Å². The summed E-state index contributed by atoms with van der Waals surface area (Å²) in [7, 11) is 0. The Kier molecular flexibility index (Phi) is 2.25. The summed E-state index contributed by atoms with van der Waals surface area (Å²) >= 11 is 5.67. The second kappa shape index (κ2) is 2.99. The van der Waals surface area contributed by atoms with Gasteiger partial charge in [0.2, 0.25) is 0 Å². The largest absolute Gasteiger partial charge is 0.324 e. The lowest BCUT2D eigenvalue weighted by Crippen LogP contribution is -2.04. The van der Waals surface area contributed by atoms with Crippen molar-refractivity contribution in [1.82, 2.24) is 4.98 Å². The number of pyridine rings is 1. The van der Waals surface area contributed by atoms with Crippen LogP contribution in [0.1, 0.15) is 18.5 Å². The third-order valence-corrected chi connectivity index (χ3v) is 1.46. The van der Waals surface area contributed by atoms with E-state index in [1.807, 2.05) is 13.0 Å². The molecule has 1 atom stereocenters. The summed E-state index contributed by atoms with van der Waals surface area (Å²) in [6, 6.07) is 1.82. The third-order valence-electron chi connectivity index (χ3n) is 1.25. The molecular formula is C7H9ClN2. The molecular weight excluding hydrogens is 148 g/mol. The van der Waals surface area contributed by atoms with Crippen LogP contribution in [0.15, 0.2) is 18.5 Å². The first-order chi connectivity index (χ1) is 4.70. The van der Waals surface area contributed by atoms with E-state index in [9.17, 15) is 0 Å². The van der Waals surface area contributed by atoms with Crippen LogP contribution in [0.25, 0.3) is 0 Å². The fourth-order valence-electron chi connectivity index (χ4n) is 0.677. The van der Waals surface area contributed by atoms with Gasteiger partial charge in [-0.25, -0.2) is 0 Å². The Hall–Kier alpha value is -0.600. The van der Waals surface area contributed by atoms with Crippen molar-refractivity contribution in [2.24, 2.45) is 5.73 Å². The second-order valence-corrected chi connectivity index (χ2v) is 2.66. The van der Waals surface area contributed by atoms with Gasteiger partial charge in [-0.2, -0.15) is 0 Å². The third kappa shape index (κ3) is 1.69. The maximum Gasteiger partial charge on any atom is 0.0592 e. The highest BCUT2D eigenvalue weighted by Crippen LogP contribution is 2.12. The molecule has 0 unspecified atom stereocenters. The highest BCUT2D eigenvalue weighted by atomic mass is 35.5. The molecule has 1 heterocycles. The maximum absolute atomic E-state index is 5.67. The molecule has 3 heteroatoms. The standard InChI is InChI=1S/C7H9ClN2/c1-5(9)6-2-7(8)4-10-3-6/h2-5H,9H2,1H3/t5-/m0/s1. The molecule has 0 aliphatic carbocycles. The molecule has 1 aromatic rings. The average molecular weight is 157 g/mol. The van der Waals surface area contributed by atoms with Gasteiger partial charge in [0, 0.05) is 18.4 Å². The van der Waals surface area contributed by atoms with Crippen molar-refractivity contribution < 1.29 is 0 Å². The van der Waals surface area contributed by atoms with Gasteiger partial charge in [0.25, 0.3) is 0 Å². The molecule has 2 nitrogen and oxygen atoms in total. The summed E-state index contributed by atoms with van der Waals surface area (Å²) < 4.78 is 0. The van der Waals surface area contributed by atoms with E-state index < -0.39 is 0 Å². The molecule has 0 aromatic carbocycles. The summed E-state index contributed by atoms with van der Waals surface area (Å²) in [5, 5.41) is 0.634. The van der Waals surface area contributed by atoms with Crippen molar-refractivity contribution in [2.75, 3.05) is 0 Å². The van der Waals surface area contributed by atoms with E-state index in [-0.39, 0.29) is 6.04 Å². The first kappa shape index (κ1) is 7.51. The van der Waals surface area contributed by atoms with Crippen molar-refractivity contribution in [3.8, 4) is 0 Å². The summed E-state index contributed by atoms with van der Waals surface area (Å²) in [5.41, 5.74) is 6.55. The Balaban J connectivity index is 2.96. The smallest absolute Gasteiger partial charge is 0.0592 e. The minimum absolute atomic E-state index is 0.00574. The number of nitrogens with zero attached hydrogens (tertiary/aromatic N) is 1. The van der Waals surface area contributed by atoms with Gasteiger partial charge in [-0.05, 0) is 18.6 Å². The van der Waals surface area contributed by atoms with Gasteiger partial charge in [0.1, 0.15) is 0 Å². The number of halogens is 1. The Morgan fingerprint density at radius 3 is 2.70 bits per heavy atom. The Morgan fingerprint density at radius 2 is 2.30 bits per heavy atom. The Labute approximate surface area is 65.0 Å². The fourth-order valence-corrected chi connectivity index (χ4v) is 0.860. The number of hydrogen-bond acceptors (Lipinski definition) is 2. The quantitative estimate of drug-likeness (QED) is 0.673. The molecule has 10 heavy (non-hydrogen) atoms. The predicted octanol–water partition coefficient (Wildman–Crippen LogP) is 1.75. The highest BCUT2D eigenvalue weighted by molar-refractivity contribution is 6.30. The van der Waals surface area contributed by atoms with Crippen LogP contribution in [0.4, 0.5) is 0 Å². The van der Waals surface area contributed by atoms with Crippen LogP contribution < -0.4 is 5.73 Å². The second-order valence-electron chi connectivity index (χ2n) is 2.23.